The van der Waals surface area contributed by atoms with Crippen LogP contribution in [0, 0.1) is 27.8 Å². The zero-order valence-electron chi connectivity index (χ0n) is 12.5. The monoisotopic (exact) mass is 328 g/mol. The van der Waals surface area contributed by atoms with Crippen molar-refractivity contribution in [1.82, 2.24) is 5.32 Å². The maximum atomic E-state index is 13.3. The van der Waals surface area contributed by atoms with Crippen LogP contribution in [0.5, 0.6) is 5.75 Å². The number of nitrogens with zero attached hydrogens (tertiary/aromatic N) is 1. The van der Waals surface area contributed by atoms with Crippen molar-refractivity contribution in [3.63, 3.8) is 0 Å². The van der Waals surface area contributed by atoms with Gasteiger partial charge in [-0.25, -0.2) is 4.39 Å². The van der Waals surface area contributed by atoms with E-state index in [2.05, 4.69) is 17.2 Å². The van der Waals surface area contributed by atoms with Crippen molar-refractivity contribution in [2.45, 2.75) is 0 Å². The van der Waals surface area contributed by atoms with E-state index in [0.29, 0.717) is 0 Å². The Balaban J connectivity index is 1.80. The number of carbonyl (C=O) groups is 1. The number of carbonyl (C=O) groups excluding carboxylic acids is 1. The van der Waals surface area contributed by atoms with Crippen LogP contribution in [0.1, 0.15) is 10.4 Å². The van der Waals surface area contributed by atoms with E-state index in [9.17, 15) is 19.3 Å². The first-order valence-corrected chi connectivity index (χ1v) is 6.93. The largest absolute Gasteiger partial charge is 0.478 e. The molecular weight excluding hydrogens is 315 g/mol. The second kappa shape index (κ2) is 8.29. The van der Waals surface area contributed by atoms with Crippen LogP contribution in [0.3, 0.4) is 0 Å². The van der Waals surface area contributed by atoms with E-state index in [0.717, 1.165) is 0 Å². The molecule has 0 bridgehead atoms. The Morgan fingerprint density at radius 3 is 2.75 bits per heavy atom. The van der Waals surface area contributed by atoms with Gasteiger partial charge in [0, 0.05) is 17.7 Å². The molecule has 0 aliphatic rings. The third-order valence-corrected chi connectivity index (χ3v) is 2.92. The van der Waals surface area contributed by atoms with Gasteiger partial charge in [-0.15, -0.1) is 0 Å². The van der Waals surface area contributed by atoms with Gasteiger partial charge in [0.15, 0.2) is 11.6 Å². The molecule has 7 heteroatoms. The molecule has 0 spiro atoms. The highest BCUT2D eigenvalue weighted by molar-refractivity contribution is 5.94. The average Bonchev–Trinajstić information content (AvgIpc) is 2.59. The molecule has 2 aromatic carbocycles. The van der Waals surface area contributed by atoms with Gasteiger partial charge in [-0.1, -0.05) is 30.0 Å². The van der Waals surface area contributed by atoms with E-state index in [-0.39, 0.29) is 30.2 Å². The van der Waals surface area contributed by atoms with Gasteiger partial charge in [-0.2, -0.15) is 0 Å². The smallest absolute Gasteiger partial charge is 0.270 e. The normalized spacial score (nSPS) is 9.54. The molecule has 0 radical (unpaired) electrons. The average molecular weight is 328 g/mol. The van der Waals surface area contributed by atoms with Crippen LogP contribution in [-0.4, -0.2) is 24.0 Å². The summed E-state index contributed by atoms with van der Waals surface area (Å²) in [5, 5.41) is 13.2. The van der Waals surface area contributed by atoms with Crippen LogP contribution in [0.25, 0.3) is 0 Å². The molecule has 0 aromatic heterocycles. The minimum atomic E-state index is -0.573. The lowest BCUT2D eigenvalue weighted by Crippen LogP contribution is -2.23. The molecule has 122 valence electrons. The molecule has 0 aliphatic carbocycles. The second-order valence-corrected chi connectivity index (χ2v) is 4.56. The molecule has 24 heavy (non-hydrogen) atoms. The molecule has 0 heterocycles. The minimum absolute atomic E-state index is 0.0202. The zero-order valence-corrected chi connectivity index (χ0v) is 12.5. The SMILES string of the molecule is O=C(NCC#CCOc1ccccc1F)c1cccc([N+](=O)[O-])c1. The first-order chi connectivity index (χ1) is 11.6. The highest BCUT2D eigenvalue weighted by atomic mass is 19.1. The summed E-state index contributed by atoms with van der Waals surface area (Å²) in [6.07, 6.45) is 0. The van der Waals surface area contributed by atoms with E-state index in [4.69, 9.17) is 4.74 Å². The number of hydrogen-bond donors (Lipinski definition) is 1. The third kappa shape index (κ3) is 4.81. The Hall–Kier alpha value is -3.40. The summed E-state index contributed by atoms with van der Waals surface area (Å²) in [5.41, 5.74) is 0.0145. The number of nitro groups is 1. The molecule has 1 N–H and O–H groups in total. The fourth-order valence-electron chi connectivity index (χ4n) is 1.78. The summed E-state index contributed by atoms with van der Waals surface area (Å²) < 4.78 is 18.4. The van der Waals surface area contributed by atoms with Gasteiger partial charge < -0.3 is 10.1 Å². The molecular formula is C17H13FN2O4. The number of halogens is 1. The minimum Gasteiger partial charge on any atom is -0.478 e. The lowest BCUT2D eigenvalue weighted by Gasteiger charge is -2.02. The van der Waals surface area contributed by atoms with E-state index in [1.54, 1.807) is 12.1 Å². The molecule has 0 aliphatic heterocycles. The molecule has 0 saturated heterocycles. The number of nitro benzene ring substituents is 1. The Morgan fingerprint density at radius 2 is 2.00 bits per heavy atom. The highest BCUT2D eigenvalue weighted by Crippen LogP contribution is 2.14. The second-order valence-electron chi connectivity index (χ2n) is 4.56. The van der Waals surface area contributed by atoms with Crippen molar-refractivity contribution in [3.05, 3.63) is 70.0 Å². The summed E-state index contributed by atoms with van der Waals surface area (Å²) in [6.45, 7) is 0.0236. The first-order valence-electron chi connectivity index (χ1n) is 6.93. The van der Waals surface area contributed by atoms with Crippen LogP contribution in [-0.2, 0) is 0 Å². The molecule has 2 rings (SSSR count). The van der Waals surface area contributed by atoms with Gasteiger partial charge in [-0.05, 0) is 18.2 Å². The number of para-hydroxylation sites is 1. The maximum Gasteiger partial charge on any atom is 0.270 e. The summed E-state index contributed by atoms with van der Waals surface area (Å²) in [6, 6.07) is 11.4. The topological polar surface area (TPSA) is 81.5 Å². The molecule has 0 saturated carbocycles. The van der Waals surface area contributed by atoms with Gasteiger partial charge >= 0.3 is 0 Å². The quantitative estimate of drug-likeness (QED) is 0.519. The van der Waals surface area contributed by atoms with E-state index < -0.39 is 16.6 Å². The van der Waals surface area contributed by atoms with Crippen molar-refractivity contribution < 1.29 is 18.8 Å². The zero-order chi connectivity index (χ0) is 17.4. The Kier molecular flexibility index (Phi) is 5.86. The Labute approximate surface area is 137 Å². The fraction of sp³-hybridized carbons (Fsp3) is 0.118. The van der Waals surface area contributed by atoms with Gasteiger partial charge in [0.25, 0.3) is 11.6 Å². The van der Waals surface area contributed by atoms with Crippen LogP contribution in [0.15, 0.2) is 48.5 Å². The van der Waals surface area contributed by atoms with Crippen LogP contribution in [0.4, 0.5) is 10.1 Å². The molecule has 6 nitrogen and oxygen atoms in total. The molecule has 0 unspecified atom stereocenters. The highest BCUT2D eigenvalue weighted by Gasteiger charge is 2.10. The standard InChI is InChI=1S/C17H13FN2O4/c18-15-8-1-2-9-16(15)24-11-4-3-10-19-17(21)13-6-5-7-14(12-13)20(22)23/h1-2,5-9,12H,10-11H2,(H,19,21). The van der Waals surface area contributed by atoms with Crippen molar-refractivity contribution in [2.24, 2.45) is 0 Å². The van der Waals surface area contributed by atoms with Crippen molar-refractivity contribution in [3.8, 4) is 17.6 Å². The van der Waals surface area contributed by atoms with Gasteiger partial charge in [0.05, 0.1) is 11.5 Å². The fourth-order valence-corrected chi connectivity index (χ4v) is 1.78. The summed E-state index contributed by atoms with van der Waals surface area (Å²) in [4.78, 5) is 21.9. The summed E-state index contributed by atoms with van der Waals surface area (Å²) in [7, 11) is 0. The number of ether oxygens (including phenoxy) is 1. The predicted molar refractivity (Wildman–Crippen MR) is 85.1 cm³/mol. The van der Waals surface area contributed by atoms with Crippen LogP contribution in [0.2, 0.25) is 0 Å². The maximum absolute atomic E-state index is 13.3. The van der Waals surface area contributed by atoms with Crippen molar-refractivity contribution in [2.75, 3.05) is 13.2 Å². The lowest BCUT2D eigenvalue weighted by atomic mass is 10.2. The Bertz CT molecular complexity index is 811. The van der Waals surface area contributed by atoms with Crippen molar-refractivity contribution >= 4 is 11.6 Å². The van der Waals surface area contributed by atoms with E-state index in [1.165, 1.54) is 36.4 Å². The number of rotatable bonds is 5. The lowest BCUT2D eigenvalue weighted by molar-refractivity contribution is -0.384. The Morgan fingerprint density at radius 1 is 1.21 bits per heavy atom. The van der Waals surface area contributed by atoms with Gasteiger partial charge in [-0.3, -0.25) is 14.9 Å². The van der Waals surface area contributed by atoms with E-state index in [1.807, 2.05) is 0 Å². The number of amides is 1. The molecule has 2 aromatic rings. The van der Waals surface area contributed by atoms with Crippen molar-refractivity contribution in [1.29, 1.82) is 0 Å². The molecule has 0 fully saturated rings. The number of nitrogens with one attached hydrogen (secondary N) is 1. The summed E-state index contributed by atoms with van der Waals surface area (Å²) >= 11 is 0. The summed E-state index contributed by atoms with van der Waals surface area (Å²) in [5.74, 6) is 4.45. The molecule has 0 atom stereocenters. The van der Waals surface area contributed by atoms with Crippen LogP contribution >= 0.6 is 0 Å². The number of benzene rings is 2. The number of hydrogen-bond acceptors (Lipinski definition) is 4. The predicted octanol–water partition coefficient (Wildman–Crippen LogP) is 2.55. The first kappa shape index (κ1) is 17.0. The van der Waals surface area contributed by atoms with Crippen LogP contribution < -0.4 is 10.1 Å². The van der Waals surface area contributed by atoms with Gasteiger partial charge in [0.1, 0.15) is 6.61 Å². The van der Waals surface area contributed by atoms with Gasteiger partial charge in [0.2, 0.25) is 0 Å². The van der Waals surface area contributed by atoms with E-state index >= 15 is 0 Å². The number of non-ortho nitro benzene ring substituents is 1. The third-order valence-electron chi connectivity index (χ3n) is 2.92. The molecule has 1 amide bonds.